The van der Waals surface area contributed by atoms with Gasteiger partial charge in [0.1, 0.15) is 11.9 Å². The van der Waals surface area contributed by atoms with E-state index in [4.69, 9.17) is 11.6 Å². The van der Waals surface area contributed by atoms with Gasteiger partial charge < -0.3 is 14.4 Å². The summed E-state index contributed by atoms with van der Waals surface area (Å²) in [5.41, 5.74) is 4.04. The first kappa shape index (κ1) is 22.6. The van der Waals surface area contributed by atoms with Crippen molar-refractivity contribution < 1.29 is 14.0 Å². The number of halogens is 2. The quantitative estimate of drug-likeness (QED) is 0.485. The topological polar surface area (TPSA) is 48.8 Å². The standard InChI is InChI=1S/C27H28ClFN4O2/c28-19-6-9-21-22-15-24-26(34)31(13-12-30-10-2-1-3-11-30)27(35)33(24)17-25(22)32(23(21)14-19)16-18-4-7-20(29)8-5-18/h4-9,14,24H,1-3,10-13,15-17H2. The van der Waals surface area contributed by atoms with Gasteiger partial charge in [0.25, 0.3) is 5.91 Å². The minimum Gasteiger partial charge on any atom is -0.338 e. The van der Waals surface area contributed by atoms with Crippen molar-refractivity contribution in [1.82, 2.24) is 19.3 Å². The molecule has 0 bridgehead atoms. The smallest absolute Gasteiger partial charge is 0.327 e. The lowest BCUT2D eigenvalue weighted by Gasteiger charge is -2.29. The van der Waals surface area contributed by atoms with Crippen LogP contribution in [0.5, 0.6) is 0 Å². The number of piperidine rings is 1. The Morgan fingerprint density at radius 3 is 2.51 bits per heavy atom. The fraction of sp³-hybridized carbons (Fsp3) is 0.407. The Bertz CT molecular complexity index is 1300. The summed E-state index contributed by atoms with van der Waals surface area (Å²) in [6.45, 7) is 4.17. The van der Waals surface area contributed by atoms with Crippen LogP contribution in [0.25, 0.3) is 10.9 Å². The van der Waals surface area contributed by atoms with Crippen molar-refractivity contribution in [3.8, 4) is 0 Å². The van der Waals surface area contributed by atoms with Gasteiger partial charge >= 0.3 is 6.03 Å². The molecule has 1 unspecified atom stereocenters. The number of amides is 3. The minimum absolute atomic E-state index is 0.0916. The largest absolute Gasteiger partial charge is 0.338 e. The first-order valence-electron chi connectivity index (χ1n) is 12.4. The van der Waals surface area contributed by atoms with Gasteiger partial charge in [0, 0.05) is 42.2 Å². The second kappa shape index (κ2) is 8.95. The molecular weight excluding hydrogens is 467 g/mol. The van der Waals surface area contributed by atoms with E-state index < -0.39 is 6.04 Å². The Labute approximate surface area is 208 Å². The maximum absolute atomic E-state index is 13.5. The zero-order valence-corrected chi connectivity index (χ0v) is 20.3. The second-order valence-corrected chi connectivity index (χ2v) is 10.3. The summed E-state index contributed by atoms with van der Waals surface area (Å²) < 4.78 is 15.6. The van der Waals surface area contributed by atoms with Crippen LogP contribution in [0.1, 0.15) is 36.1 Å². The third kappa shape index (κ3) is 4.00. The molecule has 0 spiro atoms. The molecule has 2 aromatic carbocycles. The average Bonchev–Trinajstić information content (AvgIpc) is 3.29. The first-order valence-corrected chi connectivity index (χ1v) is 12.8. The van der Waals surface area contributed by atoms with E-state index in [1.165, 1.54) is 36.3 Å². The lowest BCUT2D eigenvalue weighted by molar-refractivity contribution is -0.128. The van der Waals surface area contributed by atoms with Crippen LogP contribution >= 0.6 is 11.6 Å². The van der Waals surface area contributed by atoms with Gasteiger partial charge in [0.2, 0.25) is 0 Å². The molecule has 4 heterocycles. The van der Waals surface area contributed by atoms with Crippen molar-refractivity contribution in [2.45, 2.75) is 44.8 Å². The fourth-order valence-corrected chi connectivity index (χ4v) is 6.03. The normalized spacial score (nSPS) is 20.6. The Kier molecular flexibility index (Phi) is 5.77. The summed E-state index contributed by atoms with van der Waals surface area (Å²) >= 11 is 6.35. The van der Waals surface area contributed by atoms with Crippen molar-refractivity contribution in [3.05, 3.63) is 70.1 Å². The zero-order chi connectivity index (χ0) is 24.1. The Balaban J connectivity index is 1.31. The summed E-state index contributed by atoms with van der Waals surface area (Å²) in [6.07, 6.45) is 4.11. The van der Waals surface area contributed by atoms with Gasteiger partial charge in [-0.05, 0) is 61.3 Å². The number of hydrogen-bond acceptors (Lipinski definition) is 3. The molecule has 1 aromatic heterocycles. The number of likely N-dealkylation sites (tertiary alicyclic amines) is 1. The molecule has 3 aliphatic rings. The van der Waals surface area contributed by atoms with Gasteiger partial charge in [0.15, 0.2) is 0 Å². The molecule has 35 heavy (non-hydrogen) atoms. The van der Waals surface area contributed by atoms with Gasteiger partial charge in [-0.3, -0.25) is 9.69 Å². The molecule has 2 saturated heterocycles. The van der Waals surface area contributed by atoms with Gasteiger partial charge in [-0.25, -0.2) is 9.18 Å². The monoisotopic (exact) mass is 494 g/mol. The maximum atomic E-state index is 13.5. The molecule has 0 aliphatic carbocycles. The molecule has 6 nitrogen and oxygen atoms in total. The van der Waals surface area contributed by atoms with E-state index in [2.05, 4.69) is 9.47 Å². The number of carbonyl (C=O) groups excluding carboxylic acids is 2. The number of hydrogen-bond donors (Lipinski definition) is 0. The van der Waals surface area contributed by atoms with Crippen LogP contribution in [-0.2, 0) is 24.3 Å². The molecule has 0 saturated carbocycles. The van der Waals surface area contributed by atoms with Crippen molar-refractivity contribution in [1.29, 1.82) is 0 Å². The van der Waals surface area contributed by atoms with Crippen molar-refractivity contribution >= 4 is 34.4 Å². The highest BCUT2D eigenvalue weighted by Crippen LogP contribution is 2.37. The number of benzene rings is 2. The predicted molar refractivity (Wildman–Crippen MR) is 133 cm³/mol. The van der Waals surface area contributed by atoms with Gasteiger partial charge in [-0.15, -0.1) is 0 Å². The summed E-state index contributed by atoms with van der Waals surface area (Å²) in [5, 5.41) is 1.68. The molecule has 8 heteroatoms. The van der Waals surface area contributed by atoms with Gasteiger partial charge in [-0.1, -0.05) is 36.2 Å². The molecule has 0 radical (unpaired) electrons. The second-order valence-electron chi connectivity index (χ2n) is 9.82. The molecule has 0 N–H and O–H groups in total. The Hall–Kier alpha value is -2.90. The molecule has 3 amide bonds. The lowest BCUT2D eigenvalue weighted by Crippen LogP contribution is -2.41. The van der Waals surface area contributed by atoms with E-state index in [9.17, 15) is 14.0 Å². The van der Waals surface area contributed by atoms with E-state index in [0.29, 0.717) is 31.1 Å². The summed E-state index contributed by atoms with van der Waals surface area (Å²) in [5.74, 6) is -0.365. The molecule has 1 atom stereocenters. The van der Waals surface area contributed by atoms with Crippen LogP contribution in [0, 0.1) is 5.82 Å². The number of nitrogens with zero attached hydrogens (tertiary/aromatic N) is 4. The van der Waals surface area contributed by atoms with Crippen LogP contribution in [0.15, 0.2) is 42.5 Å². The summed E-state index contributed by atoms with van der Waals surface area (Å²) in [4.78, 5) is 32.2. The summed E-state index contributed by atoms with van der Waals surface area (Å²) in [6, 6.07) is 11.6. The van der Waals surface area contributed by atoms with Gasteiger partial charge in [-0.2, -0.15) is 0 Å². The highest BCUT2D eigenvalue weighted by molar-refractivity contribution is 6.31. The highest BCUT2D eigenvalue weighted by atomic mass is 35.5. The van der Waals surface area contributed by atoms with Crippen LogP contribution in [-0.4, -0.2) is 63.4 Å². The number of urea groups is 1. The number of aromatic nitrogens is 1. The average molecular weight is 495 g/mol. The number of fused-ring (bicyclic) bond motifs is 4. The fourth-order valence-electron chi connectivity index (χ4n) is 5.86. The maximum Gasteiger partial charge on any atom is 0.327 e. The van der Waals surface area contributed by atoms with E-state index in [1.807, 2.05) is 18.2 Å². The van der Waals surface area contributed by atoms with Gasteiger partial charge in [0.05, 0.1) is 12.1 Å². The molecule has 2 fully saturated rings. The highest BCUT2D eigenvalue weighted by Gasteiger charge is 2.48. The SMILES string of the molecule is O=C1C2Cc3c(n(Cc4ccc(F)cc4)c4cc(Cl)ccc34)CN2C(=O)N1CCN1CCCCC1. The Morgan fingerprint density at radius 2 is 1.74 bits per heavy atom. The molecule has 3 aliphatic heterocycles. The van der Waals surface area contributed by atoms with E-state index in [-0.39, 0.29) is 17.8 Å². The lowest BCUT2D eigenvalue weighted by atomic mass is 9.97. The van der Waals surface area contributed by atoms with E-state index in [1.54, 1.807) is 17.0 Å². The zero-order valence-electron chi connectivity index (χ0n) is 19.6. The van der Waals surface area contributed by atoms with Crippen LogP contribution in [0.2, 0.25) is 5.02 Å². The van der Waals surface area contributed by atoms with Crippen molar-refractivity contribution in [2.24, 2.45) is 0 Å². The number of imide groups is 1. The third-order valence-corrected chi connectivity index (χ3v) is 7.95. The van der Waals surface area contributed by atoms with Crippen LogP contribution in [0.4, 0.5) is 9.18 Å². The first-order chi connectivity index (χ1) is 17.0. The van der Waals surface area contributed by atoms with Crippen LogP contribution in [0.3, 0.4) is 0 Å². The van der Waals surface area contributed by atoms with Crippen LogP contribution < -0.4 is 0 Å². The van der Waals surface area contributed by atoms with Crippen molar-refractivity contribution in [3.63, 3.8) is 0 Å². The molecule has 182 valence electrons. The molecular formula is C27H28ClFN4O2. The number of rotatable bonds is 5. The third-order valence-electron chi connectivity index (χ3n) is 7.71. The number of carbonyl (C=O) groups is 2. The Morgan fingerprint density at radius 1 is 0.971 bits per heavy atom. The van der Waals surface area contributed by atoms with E-state index in [0.717, 1.165) is 47.4 Å². The minimum atomic E-state index is -0.461. The van der Waals surface area contributed by atoms with E-state index >= 15 is 0 Å². The predicted octanol–water partition coefficient (Wildman–Crippen LogP) is 4.66. The van der Waals surface area contributed by atoms with Crippen molar-refractivity contribution in [2.75, 3.05) is 26.2 Å². The molecule has 3 aromatic rings. The molecule has 6 rings (SSSR count). The summed E-state index contributed by atoms with van der Waals surface area (Å²) in [7, 11) is 0.